The van der Waals surface area contributed by atoms with E-state index in [0.29, 0.717) is 13.2 Å². The molecule has 0 spiro atoms. The van der Waals surface area contributed by atoms with Crippen LogP contribution in [0.5, 0.6) is 0 Å². The Hall–Kier alpha value is -0.0262. The van der Waals surface area contributed by atoms with Crippen molar-refractivity contribution in [2.24, 2.45) is 0 Å². The third-order valence-electron chi connectivity index (χ3n) is 7.49. The molecule has 0 heterocycles. The quantitative estimate of drug-likeness (QED) is 0.127. The van der Waals surface area contributed by atoms with Crippen molar-refractivity contribution >= 4 is 16.4 Å². The van der Waals surface area contributed by atoms with E-state index in [1.54, 1.807) is 11.9 Å². The van der Waals surface area contributed by atoms with Crippen LogP contribution in [0.4, 0.5) is 0 Å². The maximum atomic E-state index is 10.1. The maximum Gasteiger partial charge on any atom is 0.192 e. The predicted molar refractivity (Wildman–Crippen MR) is 139 cm³/mol. The second-order valence-corrected chi connectivity index (χ2v) is 21.5. The molecule has 7 heteroatoms. The molecule has 0 radical (unpaired) electrons. The number of aliphatic hydroxyl groups excluding tert-OH is 2. The summed E-state index contributed by atoms with van der Waals surface area (Å²) in [6.07, 6.45) is 4.60. The minimum atomic E-state index is -1.95. The van der Waals surface area contributed by atoms with Gasteiger partial charge in [0.05, 0.1) is 20.8 Å². The Bertz CT molecular complexity index is 524. The van der Waals surface area contributed by atoms with Crippen LogP contribution in [0.3, 0.4) is 0 Å². The van der Waals surface area contributed by atoms with Crippen LogP contribution >= 0.6 is 0 Å². The van der Waals surface area contributed by atoms with Crippen LogP contribution in [-0.4, -0.2) is 75.9 Å². The van der Waals surface area contributed by atoms with Crippen molar-refractivity contribution in [2.75, 3.05) is 26.8 Å². The normalized spacial score (nSPS) is 15.9. The Morgan fingerprint density at radius 1 is 1.06 bits per heavy atom. The molecular weight excluding hydrogens is 422 g/mol. The third-order valence-corrected chi connectivity index (χ3v) is 17.2. The lowest BCUT2D eigenvalue weighted by Gasteiger charge is -2.50. The Labute approximate surface area is 195 Å². The zero-order valence-corrected chi connectivity index (χ0v) is 24.3. The Kier molecular flexibility index (Phi) is 13.0. The number of aliphatic hydroxyl groups is 2. The fourth-order valence-electron chi connectivity index (χ4n) is 3.64. The molecule has 0 saturated carbocycles. The van der Waals surface area contributed by atoms with E-state index in [4.69, 9.17) is 9.16 Å². The second kappa shape index (κ2) is 13.0. The molecule has 2 unspecified atom stereocenters. The summed E-state index contributed by atoms with van der Waals surface area (Å²) in [7, 11) is -1.69. The zero-order valence-electron chi connectivity index (χ0n) is 22.3. The van der Waals surface area contributed by atoms with Gasteiger partial charge in [0.15, 0.2) is 8.32 Å². The molecule has 0 saturated heterocycles. The molecule has 5 nitrogen and oxygen atoms in total. The number of hydrogen-bond acceptors (Lipinski definition) is 5. The van der Waals surface area contributed by atoms with Gasteiger partial charge in [-0.15, -0.1) is 0 Å². The molecule has 0 aromatic rings. The molecule has 2 N–H and O–H groups in total. The van der Waals surface area contributed by atoms with E-state index < -0.39 is 28.7 Å². The summed E-state index contributed by atoms with van der Waals surface area (Å²) in [6, 6.07) is 1.32. The molecule has 0 aliphatic carbocycles. The number of likely N-dealkylation sites (N-methyl/N-ethyl adjacent to an activating group) is 1. The lowest BCUT2D eigenvalue weighted by atomic mass is 10.1. The second-order valence-electron chi connectivity index (χ2n) is 11.4. The summed E-state index contributed by atoms with van der Waals surface area (Å²) in [5.74, 6) is 0. The Morgan fingerprint density at radius 3 is 2.16 bits per heavy atom. The van der Waals surface area contributed by atoms with Gasteiger partial charge in [0, 0.05) is 18.4 Å². The average Bonchev–Trinajstić information content (AvgIpc) is 2.64. The summed E-state index contributed by atoms with van der Waals surface area (Å²) in [5.41, 5.74) is 0. The monoisotopic (exact) mass is 475 g/mol. The molecule has 186 valence electrons. The highest BCUT2D eigenvalue weighted by Crippen LogP contribution is 2.45. The average molecular weight is 476 g/mol. The summed E-state index contributed by atoms with van der Waals surface area (Å²) < 4.78 is 12.7. The predicted octanol–water partition coefficient (Wildman–Crippen LogP) is 5.41. The number of unbranched alkanes of at least 4 members (excludes halogenated alkanes) is 1. The third kappa shape index (κ3) is 10.2. The van der Waals surface area contributed by atoms with Crippen molar-refractivity contribution in [3.8, 4) is 0 Å². The summed E-state index contributed by atoms with van der Waals surface area (Å²) in [6.45, 7) is 26.1. The van der Waals surface area contributed by atoms with Crippen LogP contribution in [-0.2, 0) is 9.16 Å². The SMILES string of the molecule is C=CC(O)N(C)CC(O)COCCCC(C)(C)[Si](C)(C)OC(C)(C)[Si](C)(C)CCCC. The zero-order chi connectivity index (χ0) is 24.5. The molecule has 0 aliphatic heterocycles. The first-order valence-corrected chi connectivity index (χ1v) is 18.1. The highest BCUT2D eigenvalue weighted by atomic mass is 28.4. The van der Waals surface area contributed by atoms with Gasteiger partial charge in [-0.05, 0) is 57.9 Å². The Morgan fingerprint density at radius 2 is 1.65 bits per heavy atom. The highest BCUT2D eigenvalue weighted by molar-refractivity contribution is 6.82. The van der Waals surface area contributed by atoms with E-state index in [1.807, 2.05) is 0 Å². The fourth-order valence-corrected chi connectivity index (χ4v) is 9.68. The lowest BCUT2D eigenvalue weighted by Crippen LogP contribution is -2.59. The molecule has 0 rings (SSSR count). The van der Waals surface area contributed by atoms with Gasteiger partial charge in [0.25, 0.3) is 0 Å². The van der Waals surface area contributed by atoms with Gasteiger partial charge in [0.1, 0.15) is 6.23 Å². The van der Waals surface area contributed by atoms with Crippen LogP contribution in [0, 0.1) is 0 Å². The first kappa shape index (κ1) is 31.0. The summed E-state index contributed by atoms with van der Waals surface area (Å²) >= 11 is 0. The van der Waals surface area contributed by atoms with E-state index in [-0.39, 0.29) is 16.9 Å². The van der Waals surface area contributed by atoms with Crippen molar-refractivity contribution in [1.29, 1.82) is 0 Å². The van der Waals surface area contributed by atoms with E-state index in [0.717, 1.165) is 12.8 Å². The van der Waals surface area contributed by atoms with E-state index in [2.05, 4.69) is 67.4 Å². The molecule has 31 heavy (non-hydrogen) atoms. The number of ether oxygens (including phenoxy) is 1. The van der Waals surface area contributed by atoms with Crippen LogP contribution in [0.25, 0.3) is 0 Å². The topological polar surface area (TPSA) is 62.2 Å². The summed E-state index contributed by atoms with van der Waals surface area (Å²) in [5, 5.41) is 19.9. The molecule has 0 aromatic heterocycles. The van der Waals surface area contributed by atoms with Crippen LogP contribution in [0.15, 0.2) is 12.7 Å². The minimum Gasteiger partial charge on any atom is -0.415 e. The number of nitrogens with zero attached hydrogens (tertiary/aromatic N) is 1. The molecule has 0 amide bonds. The van der Waals surface area contributed by atoms with Crippen LogP contribution in [0.1, 0.15) is 60.3 Å². The number of hydrogen-bond donors (Lipinski definition) is 2. The lowest BCUT2D eigenvalue weighted by molar-refractivity contribution is -0.0136. The van der Waals surface area contributed by atoms with Gasteiger partial charge < -0.3 is 19.4 Å². The van der Waals surface area contributed by atoms with Gasteiger partial charge in [-0.2, -0.15) is 0 Å². The van der Waals surface area contributed by atoms with Crippen molar-refractivity contribution < 1.29 is 19.4 Å². The van der Waals surface area contributed by atoms with Crippen molar-refractivity contribution in [3.63, 3.8) is 0 Å². The molecule has 0 fully saturated rings. The minimum absolute atomic E-state index is 0.0300. The van der Waals surface area contributed by atoms with Crippen molar-refractivity contribution in [2.45, 2.75) is 115 Å². The fraction of sp³-hybridized carbons (Fsp3) is 0.917. The largest absolute Gasteiger partial charge is 0.415 e. The van der Waals surface area contributed by atoms with Gasteiger partial charge in [-0.3, -0.25) is 4.90 Å². The van der Waals surface area contributed by atoms with Gasteiger partial charge in [-0.1, -0.05) is 59.3 Å². The van der Waals surface area contributed by atoms with Crippen LogP contribution < -0.4 is 0 Å². The van der Waals surface area contributed by atoms with E-state index >= 15 is 0 Å². The smallest absolute Gasteiger partial charge is 0.192 e. The van der Waals surface area contributed by atoms with E-state index in [9.17, 15) is 10.2 Å². The van der Waals surface area contributed by atoms with Gasteiger partial charge in [-0.25, -0.2) is 0 Å². The first-order chi connectivity index (χ1) is 14.0. The molecule has 0 aliphatic rings. The molecular formula is C24H53NO4Si2. The highest BCUT2D eigenvalue weighted by Gasteiger charge is 2.48. The van der Waals surface area contributed by atoms with Crippen molar-refractivity contribution in [3.05, 3.63) is 12.7 Å². The van der Waals surface area contributed by atoms with Gasteiger partial charge in [0.2, 0.25) is 0 Å². The van der Waals surface area contributed by atoms with Crippen molar-refractivity contribution in [1.82, 2.24) is 4.90 Å². The first-order valence-electron chi connectivity index (χ1n) is 12.0. The summed E-state index contributed by atoms with van der Waals surface area (Å²) in [4.78, 5) is 1.64. The van der Waals surface area contributed by atoms with Gasteiger partial charge >= 0.3 is 0 Å². The molecule has 0 aromatic carbocycles. The van der Waals surface area contributed by atoms with Crippen LogP contribution in [0.2, 0.25) is 37.3 Å². The standard InChI is InChI=1S/C24H53NO4Si2/c1-12-14-18-30(8,9)24(5,6)29-31(10,11)23(3,4)16-15-17-28-20-21(26)19-25(7)22(27)13-2/h13,21-22,26-27H,2,12,14-20H2,1,3-11H3. The number of rotatable bonds is 17. The molecule has 2 atom stereocenters. The maximum absolute atomic E-state index is 10.1. The Balaban J connectivity index is 4.61. The van der Waals surface area contributed by atoms with E-state index in [1.165, 1.54) is 25.0 Å². The molecule has 0 bridgehead atoms.